The Kier molecular flexibility index (Phi) is 4.59. The van der Waals surface area contributed by atoms with Crippen LogP contribution in [0, 0.1) is 0 Å². The van der Waals surface area contributed by atoms with Gasteiger partial charge in [-0.15, -0.1) is 0 Å². The minimum atomic E-state index is -0.455. The maximum atomic E-state index is 12.0. The summed E-state index contributed by atoms with van der Waals surface area (Å²) in [7, 11) is 0. The molecule has 0 bridgehead atoms. The molecular formula is C16H22O3. The first-order valence-electron chi connectivity index (χ1n) is 7.14. The maximum Gasteiger partial charge on any atom is 0.338 e. The molecule has 2 atom stereocenters. The SMILES string of the molecule is CCCCCOC(=O)[C@@H]1O[C@]1(CC)c1ccccc1. The number of hydrogen-bond donors (Lipinski definition) is 0. The van der Waals surface area contributed by atoms with Gasteiger partial charge in [-0.3, -0.25) is 0 Å². The van der Waals surface area contributed by atoms with Crippen molar-refractivity contribution in [3.05, 3.63) is 35.9 Å². The lowest BCUT2D eigenvalue weighted by atomic mass is 9.93. The molecule has 0 amide bonds. The Labute approximate surface area is 114 Å². The fourth-order valence-electron chi connectivity index (χ4n) is 2.43. The standard InChI is InChI=1S/C16H22O3/c1-3-5-9-12-18-15(17)14-16(4-2,19-14)13-10-7-6-8-11-13/h6-8,10-11,14H,3-5,9,12H2,1-2H3/t14-,16+/m0/s1. The van der Waals surface area contributed by atoms with E-state index in [0.29, 0.717) is 6.61 Å². The van der Waals surface area contributed by atoms with Gasteiger partial charge in [0.15, 0.2) is 6.10 Å². The van der Waals surface area contributed by atoms with Crippen LogP contribution in [0.2, 0.25) is 0 Å². The Bertz CT molecular complexity index is 415. The van der Waals surface area contributed by atoms with Crippen LogP contribution in [0.3, 0.4) is 0 Å². The highest BCUT2D eigenvalue weighted by molar-refractivity contribution is 5.80. The van der Waals surface area contributed by atoms with Gasteiger partial charge in [-0.05, 0) is 18.4 Å². The Morgan fingerprint density at radius 2 is 2.00 bits per heavy atom. The first-order chi connectivity index (χ1) is 9.24. The summed E-state index contributed by atoms with van der Waals surface area (Å²) >= 11 is 0. The van der Waals surface area contributed by atoms with E-state index in [1.165, 1.54) is 0 Å². The van der Waals surface area contributed by atoms with Gasteiger partial charge in [-0.25, -0.2) is 4.79 Å². The Hall–Kier alpha value is -1.35. The topological polar surface area (TPSA) is 38.8 Å². The predicted octanol–water partition coefficient (Wildman–Crippen LogP) is 3.42. The summed E-state index contributed by atoms with van der Waals surface area (Å²) < 4.78 is 11.0. The molecule has 0 N–H and O–H groups in total. The number of ether oxygens (including phenoxy) is 2. The van der Waals surface area contributed by atoms with Gasteiger partial charge in [0.1, 0.15) is 5.60 Å². The lowest BCUT2D eigenvalue weighted by Crippen LogP contribution is -2.21. The van der Waals surface area contributed by atoms with Gasteiger partial charge in [-0.1, -0.05) is 57.0 Å². The van der Waals surface area contributed by atoms with Gasteiger partial charge in [0, 0.05) is 0 Å². The van der Waals surface area contributed by atoms with E-state index in [-0.39, 0.29) is 5.97 Å². The zero-order chi connectivity index (χ0) is 13.7. The third-order valence-electron chi connectivity index (χ3n) is 3.69. The van der Waals surface area contributed by atoms with Crippen molar-refractivity contribution in [1.82, 2.24) is 0 Å². The number of unbranched alkanes of at least 4 members (excludes halogenated alkanes) is 2. The normalized spacial score (nSPS) is 25.1. The van der Waals surface area contributed by atoms with Gasteiger partial charge >= 0.3 is 5.97 Å². The molecule has 0 aliphatic carbocycles. The van der Waals surface area contributed by atoms with E-state index < -0.39 is 11.7 Å². The van der Waals surface area contributed by atoms with Crippen LogP contribution in [0.25, 0.3) is 0 Å². The fraction of sp³-hybridized carbons (Fsp3) is 0.562. The average Bonchev–Trinajstić information content (AvgIpc) is 3.20. The van der Waals surface area contributed by atoms with Crippen molar-refractivity contribution in [2.24, 2.45) is 0 Å². The summed E-state index contributed by atoms with van der Waals surface area (Å²) in [5, 5.41) is 0. The van der Waals surface area contributed by atoms with E-state index in [9.17, 15) is 4.79 Å². The molecule has 0 unspecified atom stereocenters. The first-order valence-corrected chi connectivity index (χ1v) is 7.14. The van der Waals surface area contributed by atoms with Crippen LogP contribution in [-0.4, -0.2) is 18.7 Å². The summed E-state index contributed by atoms with van der Waals surface area (Å²) in [6.07, 6.45) is 3.50. The van der Waals surface area contributed by atoms with E-state index in [2.05, 4.69) is 6.92 Å². The minimum absolute atomic E-state index is 0.221. The van der Waals surface area contributed by atoms with Gasteiger partial charge < -0.3 is 9.47 Å². The zero-order valence-corrected chi connectivity index (χ0v) is 11.7. The van der Waals surface area contributed by atoms with E-state index in [0.717, 1.165) is 31.2 Å². The highest BCUT2D eigenvalue weighted by Gasteiger charge is 2.61. The molecule has 1 saturated heterocycles. The van der Waals surface area contributed by atoms with Gasteiger partial charge in [0.25, 0.3) is 0 Å². The van der Waals surface area contributed by atoms with E-state index in [1.807, 2.05) is 37.3 Å². The quantitative estimate of drug-likeness (QED) is 0.429. The Morgan fingerprint density at radius 1 is 1.26 bits per heavy atom. The van der Waals surface area contributed by atoms with E-state index in [1.54, 1.807) is 0 Å². The van der Waals surface area contributed by atoms with Gasteiger partial charge in [0.2, 0.25) is 0 Å². The van der Waals surface area contributed by atoms with Crippen molar-refractivity contribution >= 4 is 5.97 Å². The molecule has 1 aromatic carbocycles. The maximum absolute atomic E-state index is 12.0. The summed E-state index contributed by atoms with van der Waals surface area (Å²) in [5.41, 5.74) is 0.608. The largest absolute Gasteiger partial charge is 0.464 e. The van der Waals surface area contributed by atoms with Crippen molar-refractivity contribution in [2.45, 2.75) is 51.2 Å². The van der Waals surface area contributed by atoms with Crippen LogP contribution in [0.15, 0.2) is 30.3 Å². The van der Waals surface area contributed by atoms with E-state index in [4.69, 9.17) is 9.47 Å². The van der Waals surface area contributed by atoms with Crippen molar-refractivity contribution in [2.75, 3.05) is 6.61 Å². The number of rotatable bonds is 7. The van der Waals surface area contributed by atoms with Crippen molar-refractivity contribution in [3.63, 3.8) is 0 Å². The molecule has 19 heavy (non-hydrogen) atoms. The van der Waals surface area contributed by atoms with Crippen molar-refractivity contribution in [3.8, 4) is 0 Å². The summed E-state index contributed by atoms with van der Waals surface area (Å²) in [4.78, 5) is 12.0. The molecule has 3 nitrogen and oxygen atoms in total. The van der Waals surface area contributed by atoms with Crippen LogP contribution in [0.1, 0.15) is 45.1 Å². The number of epoxide rings is 1. The molecular weight excluding hydrogens is 240 g/mol. The zero-order valence-electron chi connectivity index (χ0n) is 11.7. The molecule has 1 fully saturated rings. The Morgan fingerprint density at radius 3 is 2.63 bits per heavy atom. The molecule has 0 spiro atoms. The molecule has 0 radical (unpaired) electrons. The highest BCUT2D eigenvalue weighted by atomic mass is 16.7. The molecule has 1 aliphatic heterocycles. The van der Waals surface area contributed by atoms with Crippen LogP contribution in [0.5, 0.6) is 0 Å². The molecule has 1 aliphatic rings. The van der Waals surface area contributed by atoms with Crippen LogP contribution >= 0.6 is 0 Å². The third-order valence-corrected chi connectivity index (χ3v) is 3.69. The minimum Gasteiger partial charge on any atom is -0.464 e. The first kappa shape index (κ1) is 14.1. The fourth-order valence-corrected chi connectivity index (χ4v) is 2.43. The molecule has 0 saturated carbocycles. The number of esters is 1. The van der Waals surface area contributed by atoms with Crippen LogP contribution < -0.4 is 0 Å². The third kappa shape index (κ3) is 2.98. The van der Waals surface area contributed by atoms with Crippen molar-refractivity contribution < 1.29 is 14.3 Å². The number of carbonyl (C=O) groups excluding carboxylic acids is 1. The molecule has 104 valence electrons. The molecule has 0 aromatic heterocycles. The number of carbonyl (C=O) groups is 1. The lowest BCUT2D eigenvalue weighted by molar-refractivity contribution is -0.145. The Balaban J connectivity index is 1.91. The van der Waals surface area contributed by atoms with Crippen LogP contribution in [-0.2, 0) is 19.9 Å². The van der Waals surface area contributed by atoms with Gasteiger partial charge in [-0.2, -0.15) is 0 Å². The average molecular weight is 262 g/mol. The second kappa shape index (κ2) is 6.20. The molecule has 2 rings (SSSR count). The van der Waals surface area contributed by atoms with Crippen molar-refractivity contribution in [1.29, 1.82) is 0 Å². The molecule has 1 aromatic rings. The summed E-state index contributed by atoms with van der Waals surface area (Å²) in [5.74, 6) is -0.221. The lowest BCUT2D eigenvalue weighted by Gasteiger charge is -2.10. The second-order valence-corrected chi connectivity index (χ2v) is 4.98. The highest BCUT2D eigenvalue weighted by Crippen LogP contribution is 2.49. The van der Waals surface area contributed by atoms with E-state index >= 15 is 0 Å². The smallest absolute Gasteiger partial charge is 0.338 e. The number of hydrogen-bond acceptors (Lipinski definition) is 3. The summed E-state index contributed by atoms with van der Waals surface area (Å²) in [6, 6.07) is 9.92. The molecule has 1 heterocycles. The van der Waals surface area contributed by atoms with Gasteiger partial charge in [0.05, 0.1) is 6.61 Å². The number of benzene rings is 1. The molecule has 3 heteroatoms. The van der Waals surface area contributed by atoms with Crippen LogP contribution in [0.4, 0.5) is 0 Å². The monoisotopic (exact) mass is 262 g/mol. The predicted molar refractivity (Wildman–Crippen MR) is 73.8 cm³/mol. The second-order valence-electron chi connectivity index (χ2n) is 4.98. The summed E-state index contributed by atoms with van der Waals surface area (Å²) in [6.45, 7) is 4.67.